The van der Waals surface area contributed by atoms with E-state index in [1.54, 1.807) is 48.5 Å². The van der Waals surface area contributed by atoms with Gasteiger partial charge in [-0.15, -0.1) is 0 Å². The lowest BCUT2D eigenvalue weighted by Crippen LogP contribution is -2.46. The Hall–Kier alpha value is -3.16. The first-order chi connectivity index (χ1) is 12.2. The summed E-state index contributed by atoms with van der Waals surface area (Å²) in [6.45, 7) is 2.52. The lowest BCUT2D eigenvalue weighted by molar-refractivity contribution is -0.118. The van der Waals surface area contributed by atoms with Crippen molar-refractivity contribution in [3.8, 4) is 5.75 Å². The van der Waals surface area contributed by atoms with Crippen molar-refractivity contribution in [1.29, 1.82) is 0 Å². The predicted molar refractivity (Wildman–Crippen MR) is 92.8 cm³/mol. The summed E-state index contributed by atoms with van der Waals surface area (Å²) >= 11 is 0. The molecule has 3 rings (SSSR count). The van der Waals surface area contributed by atoms with Crippen LogP contribution in [0.25, 0.3) is 0 Å². The second kappa shape index (κ2) is 7.61. The zero-order valence-corrected chi connectivity index (χ0v) is 13.9. The van der Waals surface area contributed by atoms with E-state index in [2.05, 4.69) is 15.3 Å². The second-order valence-electron chi connectivity index (χ2n) is 5.55. The molecule has 2 aromatic rings. The molecular weight excluding hydrogens is 322 g/mol. The molecule has 1 aliphatic rings. The van der Waals surface area contributed by atoms with Crippen molar-refractivity contribution in [2.24, 2.45) is 0 Å². The number of nitrogens with one attached hydrogen (secondary N) is 1. The van der Waals surface area contributed by atoms with Gasteiger partial charge in [0.05, 0.1) is 7.11 Å². The van der Waals surface area contributed by atoms with Gasteiger partial charge >= 0.3 is 0 Å². The number of benzene rings is 1. The monoisotopic (exact) mass is 341 g/mol. The molecule has 1 fully saturated rings. The molecule has 2 amide bonds. The number of hydrogen-bond acceptors (Lipinski definition) is 6. The van der Waals surface area contributed by atoms with Crippen molar-refractivity contribution in [3.63, 3.8) is 0 Å². The fourth-order valence-corrected chi connectivity index (χ4v) is 2.52. The summed E-state index contributed by atoms with van der Waals surface area (Å²) in [5.41, 5.74) is 0.948. The molecule has 0 saturated carbocycles. The standard InChI is InChI=1S/C17H19N5O3/c1-25-14-4-2-13(3-5-14)19-16(24)15-6-7-18-17(20-15)22-10-8-21(12-23)9-11-22/h2-7,12H,8-11H2,1H3,(H,19,24). The molecule has 1 N–H and O–H groups in total. The Labute approximate surface area is 145 Å². The topological polar surface area (TPSA) is 87.7 Å². The SMILES string of the molecule is COc1ccc(NC(=O)c2ccnc(N3CCN(C=O)CC3)n2)cc1. The fourth-order valence-electron chi connectivity index (χ4n) is 2.52. The Morgan fingerprint density at radius 1 is 1.16 bits per heavy atom. The van der Waals surface area contributed by atoms with Gasteiger partial charge in [0.25, 0.3) is 5.91 Å². The number of aromatic nitrogens is 2. The van der Waals surface area contributed by atoms with Crippen LogP contribution in [0.2, 0.25) is 0 Å². The summed E-state index contributed by atoms with van der Waals surface area (Å²) in [7, 11) is 1.59. The third-order valence-electron chi connectivity index (χ3n) is 3.97. The smallest absolute Gasteiger partial charge is 0.274 e. The van der Waals surface area contributed by atoms with Crippen molar-refractivity contribution >= 4 is 24.0 Å². The molecule has 8 nitrogen and oxygen atoms in total. The zero-order chi connectivity index (χ0) is 17.6. The number of piperazine rings is 1. The van der Waals surface area contributed by atoms with Gasteiger partial charge in [-0.1, -0.05) is 0 Å². The number of ether oxygens (including phenoxy) is 1. The number of nitrogens with zero attached hydrogens (tertiary/aromatic N) is 4. The van der Waals surface area contributed by atoms with Crippen LogP contribution in [0.5, 0.6) is 5.75 Å². The Balaban J connectivity index is 1.67. The Bertz CT molecular complexity index is 742. The molecule has 1 saturated heterocycles. The van der Waals surface area contributed by atoms with E-state index in [0.717, 1.165) is 12.2 Å². The van der Waals surface area contributed by atoms with Crippen LogP contribution in [0.3, 0.4) is 0 Å². The van der Waals surface area contributed by atoms with E-state index in [9.17, 15) is 9.59 Å². The lowest BCUT2D eigenvalue weighted by atomic mass is 10.3. The van der Waals surface area contributed by atoms with Crippen LogP contribution in [-0.2, 0) is 4.79 Å². The highest BCUT2D eigenvalue weighted by Crippen LogP contribution is 2.16. The molecule has 0 aliphatic carbocycles. The first kappa shape index (κ1) is 16.7. The van der Waals surface area contributed by atoms with Gasteiger partial charge in [0.1, 0.15) is 11.4 Å². The Morgan fingerprint density at radius 2 is 1.88 bits per heavy atom. The van der Waals surface area contributed by atoms with Gasteiger partial charge in [-0.25, -0.2) is 9.97 Å². The van der Waals surface area contributed by atoms with Crippen LogP contribution in [0, 0.1) is 0 Å². The highest BCUT2D eigenvalue weighted by molar-refractivity contribution is 6.03. The molecule has 0 atom stereocenters. The molecule has 0 spiro atoms. The average molecular weight is 341 g/mol. The third-order valence-corrected chi connectivity index (χ3v) is 3.97. The van der Waals surface area contributed by atoms with Gasteiger partial charge in [0, 0.05) is 38.1 Å². The summed E-state index contributed by atoms with van der Waals surface area (Å²) in [6, 6.07) is 8.64. The van der Waals surface area contributed by atoms with Crippen LogP contribution in [0.4, 0.5) is 11.6 Å². The molecule has 25 heavy (non-hydrogen) atoms. The van der Waals surface area contributed by atoms with Gasteiger partial charge in [-0.2, -0.15) is 0 Å². The maximum absolute atomic E-state index is 12.4. The highest BCUT2D eigenvalue weighted by Gasteiger charge is 2.19. The lowest BCUT2D eigenvalue weighted by Gasteiger charge is -2.32. The van der Waals surface area contributed by atoms with Crippen molar-refractivity contribution in [1.82, 2.24) is 14.9 Å². The Kier molecular flexibility index (Phi) is 5.08. The maximum Gasteiger partial charge on any atom is 0.274 e. The summed E-state index contributed by atoms with van der Waals surface area (Å²) in [4.78, 5) is 35.4. The van der Waals surface area contributed by atoms with Gasteiger partial charge in [-0.3, -0.25) is 9.59 Å². The fraction of sp³-hybridized carbons (Fsp3) is 0.294. The van der Waals surface area contributed by atoms with Crippen LogP contribution in [0.1, 0.15) is 10.5 Å². The number of hydrogen-bond donors (Lipinski definition) is 1. The maximum atomic E-state index is 12.4. The van der Waals surface area contributed by atoms with Crippen molar-refractivity contribution in [2.75, 3.05) is 43.5 Å². The third kappa shape index (κ3) is 4.03. The molecule has 0 bridgehead atoms. The first-order valence-electron chi connectivity index (χ1n) is 7.92. The van der Waals surface area contributed by atoms with Crippen LogP contribution in [0.15, 0.2) is 36.5 Å². The Morgan fingerprint density at radius 3 is 2.52 bits per heavy atom. The summed E-state index contributed by atoms with van der Waals surface area (Å²) < 4.78 is 5.09. The molecule has 0 unspecified atom stereocenters. The normalized spacial score (nSPS) is 14.1. The molecule has 0 radical (unpaired) electrons. The van der Waals surface area contributed by atoms with E-state index in [0.29, 0.717) is 43.5 Å². The molecule has 130 valence electrons. The largest absolute Gasteiger partial charge is 0.497 e. The molecule has 1 aromatic heterocycles. The van der Waals surface area contributed by atoms with Gasteiger partial charge in [-0.05, 0) is 30.3 Å². The molecule has 1 aromatic carbocycles. The van der Waals surface area contributed by atoms with Gasteiger partial charge < -0.3 is 19.9 Å². The molecular formula is C17H19N5O3. The number of carbonyl (C=O) groups is 2. The second-order valence-corrected chi connectivity index (χ2v) is 5.55. The van der Waals surface area contributed by atoms with E-state index in [1.165, 1.54) is 0 Å². The minimum atomic E-state index is -0.305. The number of carbonyl (C=O) groups excluding carboxylic acids is 2. The predicted octanol–water partition coefficient (Wildman–Crippen LogP) is 1.02. The van der Waals surface area contributed by atoms with Crippen molar-refractivity contribution < 1.29 is 14.3 Å². The number of anilines is 2. The molecule has 2 heterocycles. The first-order valence-corrected chi connectivity index (χ1v) is 7.92. The minimum absolute atomic E-state index is 0.290. The summed E-state index contributed by atoms with van der Waals surface area (Å²) in [6.07, 6.45) is 2.41. The van der Waals surface area contributed by atoms with Crippen LogP contribution < -0.4 is 15.0 Å². The van der Waals surface area contributed by atoms with E-state index in [4.69, 9.17) is 4.74 Å². The van der Waals surface area contributed by atoms with Crippen molar-refractivity contribution in [3.05, 3.63) is 42.2 Å². The van der Waals surface area contributed by atoms with E-state index in [1.807, 2.05) is 4.90 Å². The van der Waals surface area contributed by atoms with Gasteiger partial charge in [0.2, 0.25) is 12.4 Å². The van der Waals surface area contributed by atoms with Gasteiger partial charge in [0.15, 0.2) is 0 Å². The molecule has 1 aliphatic heterocycles. The van der Waals surface area contributed by atoms with E-state index in [-0.39, 0.29) is 5.91 Å². The number of amides is 2. The van der Waals surface area contributed by atoms with Crippen LogP contribution >= 0.6 is 0 Å². The van der Waals surface area contributed by atoms with Crippen LogP contribution in [-0.4, -0.2) is 60.5 Å². The number of methoxy groups -OCH3 is 1. The molecule has 8 heteroatoms. The minimum Gasteiger partial charge on any atom is -0.497 e. The zero-order valence-electron chi connectivity index (χ0n) is 13.9. The summed E-state index contributed by atoms with van der Waals surface area (Å²) in [5.74, 6) is 0.907. The quantitative estimate of drug-likeness (QED) is 0.817. The van der Waals surface area contributed by atoms with E-state index < -0.39 is 0 Å². The van der Waals surface area contributed by atoms with E-state index >= 15 is 0 Å². The summed E-state index contributed by atoms with van der Waals surface area (Å²) in [5, 5.41) is 2.80. The van der Waals surface area contributed by atoms with Crippen molar-refractivity contribution in [2.45, 2.75) is 0 Å². The highest BCUT2D eigenvalue weighted by atomic mass is 16.5. The number of rotatable bonds is 5. The average Bonchev–Trinajstić information content (AvgIpc) is 2.68.